The Hall–Kier alpha value is -4.41. The Morgan fingerprint density at radius 2 is 1.65 bits per heavy atom. The van der Waals surface area contributed by atoms with Gasteiger partial charge in [-0.3, -0.25) is 0 Å². The van der Waals surface area contributed by atoms with E-state index in [0.29, 0.717) is 43.0 Å². The number of alkyl halides is 3. The van der Waals surface area contributed by atoms with Crippen molar-refractivity contribution < 1.29 is 31.8 Å². The number of benzene rings is 3. The van der Waals surface area contributed by atoms with Crippen LogP contribution in [-0.2, 0) is 28.5 Å². The third-order valence-corrected chi connectivity index (χ3v) is 6.73. The molecule has 0 saturated carbocycles. The molecule has 0 spiro atoms. The number of hydrogen-bond acceptors (Lipinski definition) is 6. The van der Waals surface area contributed by atoms with Crippen LogP contribution in [0, 0.1) is 5.82 Å². The van der Waals surface area contributed by atoms with E-state index in [-0.39, 0.29) is 17.2 Å². The molecule has 0 aliphatic rings. The third kappa shape index (κ3) is 8.12. The molecule has 0 atom stereocenters. The minimum Gasteiger partial charge on any atom is -0.476 e. The van der Waals surface area contributed by atoms with E-state index in [1.165, 1.54) is 35.0 Å². The second-order valence-corrected chi connectivity index (χ2v) is 10.6. The van der Waals surface area contributed by atoms with Crippen LogP contribution in [0.2, 0.25) is 0 Å². The number of anilines is 1. The van der Waals surface area contributed by atoms with E-state index >= 15 is 0 Å². The van der Waals surface area contributed by atoms with Crippen LogP contribution in [0.25, 0.3) is 17.1 Å². The van der Waals surface area contributed by atoms with Gasteiger partial charge < -0.3 is 15.2 Å². The number of hydrogen-bond donors (Lipinski definition) is 1. The van der Waals surface area contributed by atoms with Gasteiger partial charge in [0.15, 0.2) is 17.2 Å². The largest absolute Gasteiger partial charge is 0.476 e. The van der Waals surface area contributed by atoms with Crippen molar-refractivity contribution in [2.45, 2.75) is 64.7 Å². The lowest BCUT2D eigenvalue weighted by Gasteiger charge is -2.24. The molecule has 1 heterocycles. The van der Waals surface area contributed by atoms with Crippen molar-refractivity contribution in [3.05, 3.63) is 89.5 Å². The molecule has 1 aromatic heterocycles. The predicted molar refractivity (Wildman–Crippen MR) is 155 cm³/mol. The highest BCUT2D eigenvalue weighted by Gasteiger charge is 2.32. The zero-order valence-electron chi connectivity index (χ0n) is 24.2. The number of rotatable bonds is 12. The van der Waals surface area contributed by atoms with Gasteiger partial charge in [-0.1, -0.05) is 37.6 Å². The fourth-order valence-electron chi connectivity index (χ4n) is 4.32. The molecule has 0 bridgehead atoms. The van der Waals surface area contributed by atoms with Crippen molar-refractivity contribution in [1.82, 2.24) is 14.8 Å². The molecule has 2 N–H and O–H groups in total. The smallest absolute Gasteiger partial charge is 0.416 e. The number of aryl methyl sites for hydroxylation is 2. The van der Waals surface area contributed by atoms with E-state index in [2.05, 4.69) is 10.1 Å². The molecule has 4 rings (SSSR count). The normalized spacial score (nSPS) is 11.9. The second kappa shape index (κ2) is 13.3. The molecule has 0 radical (unpaired) electrons. The van der Waals surface area contributed by atoms with Gasteiger partial charge in [0.05, 0.1) is 12.2 Å². The summed E-state index contributed by atoms with van der Waals surface area (Å²) in [5.74, 6) is 0.125. The van der Waals surface area contributed by atoms with E-state index in [4.69, 9.17) is 15.2 Å². The molecule has 228 valence electrons. The van der Waals surface area contributed by atoms with Crippen LogP contribution in [-0.4, -0.2) is 32.9 Å². The van der Waals surface area contributed by atoms with Gasteiger partial charge in [-0.25, -0.2) is 18.9 Å². The number of carbonyl (C=O) groups excluding carboxylic acids is 1. The van der Waals surface area contributed by atoms with Crippen LogP contribution in [0.5, 0.6) is 5.75 Å². The van der Waals surface area contributed by atoms with Gasteiger partial charge in [-0.15, -0.1) is 5.10 Å². The van der Waals surface area contributed by atoms with Crippen molar-refractivity contribution in [2.75, 3.05) is 12.3 Å². The molecular weight excluding hydrogens is 564 g/mol. The Kier molecular flexibility index (Phi) is 9.73. The van der Waals surface area contributed by atoms with Crippen LogP contribution in [0.3, 0.4) is 0 Å². The van der Waals surface area contributed by atoms with E-state index in [0.717, 1.165) is 30.5 Å². The first-order valence-corrected chi connectivity index (χ1v) is 14.0. The number of ether oxygens (including phenoxy) is 2. The average molecular weight is 599 g/mol. The summed E-state index contributed by atoms with van der Waals surface area (Å²) in [6.45, 7) is 5.69. The summed E-state index contributed by atoms with van der Waals surface area (Å²) >= 11 is 0. The van der Waals surface area contributed by atoms with Gasteiger partial charge in [-0.2, -0.15) is 13.2 Å². The average Bonchev–Trinajstić information content (AvgIpc) is 3.37. The highest BCUT2D eigenvalue weighted by Crippen LogP contribution is 2.31. The van der Waals surface area contributed by atoms with Crippen LogP contribution >= 0.6 is 0 Å². The summed E-state index contributed by atoms with van der Waals surface area (Å²) < 4.78 is 66.5. The number of nitrogens with zero attached hydrogens (tertiary/aromatic N) is 3. The van der Waals surface area contributed by atoms with Gasteiger partial charge in [-0.05, 0) is 81.1 Å². The first-order valence-electron chi connectivity index (χ1n) is 14.0. The lowest BCUT2D eigenvalue weighted by atomic mass is 10.1. The Morgan fingerprint density at radius 3 is 2.28 bits per heavy atom. The minimum atomic E-state index is -4.47. The number of halogens is 4. The zero-order valence-corrected chi connectivity index (χ0v) is 24.2. The monoisotopic (exact) mass is 598 g/mol. The molecule has 0 aliphatic heterocycles. The zero-order chi connectivity index (χ0) is 31.2. The summed E-state index contributed by atoms with van der Waals surface area (Å²) in [6, 6.07) is 16.1. The standard InChI is InChI=1S/C32H34F4N4O3/c1-4-5-19-42-30(41)31(2,3)43-25-16-9-21(10-17-25)7-6-8-28-38-29(22-11-13-23(14-12-22)32(34,35)36)39-40(28)27-18-15-24(37)20-26(27)33/h9-18,20H,4-8,19,37H2,1-3H3. The molecular formula is C32H34F4N4O3. The fraction of sp³-hybridized carbons (Fsp3) is 0.344. The second-order valence-electron chi connectivity index (χ2n) is 10.6. The van der Waals surface area contributed by atoms with Gasteiger partial charge in [0.1, 0.15) is 17.3 Å². The highest BCUT2D eigenvalue weighted by molar-refractivity contribution is 5.79. The summed E-state index contributed by atoms with van der Waals surface area (Å²) in [5, 5.41) is 4.43. The maximum absolute atomic E-state index is 14.8. The van der Waals surface area contributed by atoms with Crippen LogP contribution in [0.15, 0.2) is 66.7 Å². The molecule has 0 fully saturated rings. The van der Waals surface area contributed by atoms with E-state index in [9.17, 15) is 22.4 Å². The molecule has 11 heteroatoms. The van der Waals surface area contributed by atoms with Crippen LogP contribution in [0.4, 0.5) is 23.2 Å². The van der Waals surface area contributed by atoms with Gasteiger partial charge >= 0.3 is 12.1 Å². The number of unbranched alkanes of at least 4 members (excludes halogenated alkanes) is 1. The topological polar surface area (TPSA) is 92.3 Å². The lowest BCUT2D eigenvalue weighted by molar-refractivity contribution is -0.159. The van der Waals surface area contributed by atoms with Crippen LogP contribution in [0.1, 0.15) is 57.0 Å². The minimum absolute atomic E-state index is 0.132. The number of carbonyl (C=O) groups is 1. The summed E-state index contributed by atoms with van der Waals surface area (Å²) in [7, 11) is 0. The molecule has 3 aromatic carbocycles. The molecule has 0 amide bonds. The number of nitrogens with two attached hydrogens (primary N) is 1. The Balaban J connectivity index is 1.47. The third-order valence-electron chi connectivity index (χ3n) is 6.73. The van der Waals surface area contributed by atoms with Crippen molar-refractivity contribution in [1.29, 1.82) is 0 Å². The predicted octanol–water partition coefficient (Wildman–Crippen LogP) is 7.35. The number of esters is 1. The maximum Gasteiger partial charge on any atom is 0.416 e. The Morgan fingerprint density at radius 1 is 0.953 bits per heavy atom. The van der Waals surface area contributed by atoms with Gasteiger partial charge in [0.25, 0.3) is 0 Å². The number of nitrogen functional groups attached to an aromatic ring is 1. The Labute approximate surface area is 247 Å². The first-order chi connectivity index (χ1) is 20.4. The van der Waals surface area contributed by atoms with Gasteiger partial charge in [0, 0.05) is 17.7 Å². The quantitative estimate of drug-likeness (QED) is 0.0794. The maximum atomic E-state index is 14.8. The molecule has 7 nitrogen and oxygen atoms in total. The molecule has 0 saturated heterocycles. The molecule has 0 unspecified atom stereocenters. The van der Waals surface area contributed by atoms with Crippen molar-refractivity contribution in [2.24, 2.45) is 0 Å². The SMILES string of the molecule is CCCCOC(=O)C(C)(C)Oc1ccc(CCCc2nc(-c3ccc(C(F)(F)F)cc3)nn2-c2ccc(N)cc2F)cc1. The lowest BCUT2D eigenvalue weighted by Crippen LogP contribution is -2.39. The summed E-state index contributed by atoms with van der Waals surface area (Å²) in [6.07, 6.45) is -1.08. The molecule has 0 aliphatic carbocycles. The fourth-order valence-corrected chi connectivity index (χ4v) is 4.32. The van der Waals surface area contributed by atoms with Crippen molar-refractivity contribution in [3.8, 4) is 22.8 Å². The summed E-state index contributed by atoms with van der Waals surface area (Å²) in [5.41, 5.74) is 5.54. The van der Waals surface area contributed by atoms with E-state index < -0.39 is 29.1 Å². The Bertz CT molecular complexity index is 1530. The van der Waals surface area contributed by atoms with Crippen LogP contribution < -0.4 is 10.5 Å². The van der Waals surface area contributed by atoms with Gasteiger partial charge in [0.2, 0.25) is 0 Å². The summed E-state index contributed by atoms with van der Waals surface area (Å²) in [4.78, 5) is 16.9. The first kappa shape index (κ1) is 31.5. The number of aromatic nitrogens is 3. The van der Waals surface area contributed by atoms with Crippen molar-refractivity contribution in [3.63, 3.8) is 0 Å². The highest BCUT2D eigenvalue weighted by atomic mass is 19.4. The van der Waals surface area contributed by atoms with E-state index in [1.54, 1.807) is 26.0 Å². The molecule has 4 aromatic rings. The van der Waals surface area contributed by atoms with Crippen molar-refractivity contribution >= 4 is 11.7 Å². The van der Waals surface area contributed by atoms with E-state index in [1.807, 2.05) is 19.1 Å². The molecule has 43 heavy (non-hydrogen) atoms.